The summed E-state index contributed by atoms with van der Waals surface area (Å²) in [7, 11) is -16.6. The fourth-order valence-electron chi connectivity index (χ4n) is 7.50. The molecule has 4 heterocycles. The van der Waals surface area contributed by atoms with E-state index in [4.69, 9.17) is 46.2 Å². The SMILES string of the molecule is CC(C)(COP(=O)(O)OP(=O)(O)OC[C@H]1O[C@@H](n2cnc3c(N)ncnc32)[C@H](O)[C@@H]1OP(=O)(O)O)[C@@H](O)C(=O)NCCC(=O)NCCSCC(=O)NC[C@H]1O[C@H](O[C@H]2[C@H](O)[C@@H](O)[C@H](N)C[C@@H]2N)[C@H](N)[C@@H](O)[C@@H]1O. The molecule has 2 aliphatic heterocycles. The number of amides is 3. The summed E-state index contributed by atoms with van der Waals surface area (Å²) < 4.78 is 73.8. The molecule has 2 saturated heterocycles. The molecule has 1 saturated carbocycles. The normalized spacial score (nSPS) is 32.1. The van der Waals surface area contributed by atoms with E-state index in [9.17, 15) is 78.3 Å². The molecule has 3 aliphatic rings. The summed E-state index contributed by atoms with van der Waals surface area (Å²) in [6.07, 6.45) is -16.8. The average Bonchev–Trinajstić information content (AvgIpc) is 3.87. The van der Waals surface area contributed by atoms with Crippen LogP contribution in [-0.2, 0) is 60.2 Å². The van der Waals surface area contributed by atoms with Gasteiger partial charge in [-0.05, 0) is 6.42 Å². The number of thioether (sulfide) groups is 1. The van der Waals surface area contributed by atoms with Gasteiger partial charge in [0.2, 0.25) is 17.7 Å². The zero-order chi connectivity index (χ0) is 54.4. The number of carbonyl (C=O) groups excluding carboxylic acids is 3. The van der Waals surface area contributed by atoms with E-state index in [0.29, 0.717) is 0 Å². The lowest BCUT2D eigenvalue weighted by Gasteiger charge is -2.45. The smallest absolute Gasteiger partial charge is 0.389 e. The van der Waals surface area contributed by atoms with Crippen molar-refractivity contribution in [3.05, 3.63) is 12.7 Å². The Bertz CT molecular complexity index is 2360. The fraction of sp³-hybridized carbons (Fsp3) is 0.771. The minimum atomic E-state index is -5.63. The van der Waals surface area contributed by atoms with E-state index in [1.807, 2.05) is 0 Å². The predicted octanol–water partition coefficient (Wildman–Crippen LogP) is -6.81. The van der Waals surface area contributed by atoms with Gasteiger partial charge in [0.15, 0.2) is 24.0 Å². The summed E-state index contributed by atoms with van der Waals surface area (Å²) in [5, 5.41) is 70.7. The van der Waals surface area contributed by atoms with E-state index in [1.165, 1.54) is 13.8 Å². The molecule has 17 atom stereocenters. The largest absolute Gasteiger partial charge is 0.481 e. The van der Waals surface area contributed by atoms with E-state index < -0.39 is 152 Å². The highest BCUT2D eigenvalue weighted by Gasteiger charge is 2.51. The average molecular weight is 1130 g/mol. The van der Waals surface area contributed by atoms with Crippen LogP contribution in [0.3, 0.4) is 0 Å². The minimum Gasteiger partial charge on any atom is -0.389 e. The number of nitrogens with one attached hydrogen (secondary N) is 3. The van der Waals surface area contributed by atoms with Gasteiger partial charge in [-0.15, -0.1) is 0 Å². The van der Waals surface area contributed by atoms with Crippen LogP contribution in [0.5, 0.6) is 0 Å². The summed E-state index contributed by atoms with van der Waals surface area (Å²) in [6.45, 7) is -0.150. The molecule has 0 radical (unpaired) electrons. The van der Waals surface area contributed by atoms with Crippen molar-refractivity contribution < 1.29 is 110 Å². The Hall–Kier alpha value is -3.00. The van der Waals surface area contributed by atoms with Gasteiger partial charge in [-0.2, -0.15) is 16.1 Å². The number of anilines is 1. The predicted molar refractivity (Wildman–Crippen MR) is 246 cm³/mol. The van der Waals surface area contributed by atoms with Crippen molar-refractivity contribution >= 4 is 69.9 Å². The van der Waals surface area contributed by atoms with Crippen LogP contribution >= 0.6 is 35.2 Å². The molecule has 2 unspecified atom stereocenters. The molecule has 34 nitrogen and oxygen atoms in total. The van der Waals surface area contributed by atoms with Crippen LogP contribution in [0.2, 0.25) is 0 Å². The van der Waals surface area contributed by atoms with Crippen LogP contribution in [-0.4, -0.2) is 217 Å². The number of hydrogen-bond acceptors (Lipinski definition) is 27. The molecule has 2 aromatic heterocycles. The van der Waals surface area contributed by atoms with Crippen LogP contribution in [0.1, 0.15) is 32.9 Å². The number of phosphoric ester groups is 3. The molecule has 0 bridgehead atoms. The monoisotopic (exact) mass is 1130 g/mol. The number of fused-ring (bicyclic) bond motifs is 1. The lowest BCUT2D eigenvalue weighted by atomic mass is 9.84. The number of aromatic nitrogens is 4. The van der Waals surface area contributed by atoms with Gasteiger partial charge in [0.25, 0.3) is 0 Å². The van der Waals surface area contributed by atoms with Crippen LogP contribution in [0.4, 0.5) is 5.82 Å². The van der Waals surface area contributed by atoms with Crippen molar-refractivity contribution in [1.29, 1.82) is 0 Å². The third-order valence-corrected chi connectivity index (χ3v) is 15.6. The molecule has 416 valence electrons. The number of rotatable bonds is 25. The highest BCUT2D eigenvalue weighted by atomic mass is 32.2. The molecule has 38 heteroatoms. The molecular weight excluding hydrogens is 1070 g/mol. The Labute approximate surface area is 418 Å². The van der Waals surface area contributed by atoms with Gasteiger partial charge in [0.1, 0.15) is 66.8 Å². The van der Waals surface area contributed by atoms with E-state index in [1.54, 1.807) is 0 Å². The van der Waals surface area contributed by atoms with E-state index in [2.05, 4.69) is 39.7 Å². The summed E-state index contributed by atoms with van der Waals surface area (Å²) in [6, 6.07) is -2.90. The standard InChI is InChI=1S/C35H62N11O23P3S/c1-35(2,11-64-72(61,62)69-71(59,60)63-9-17-28(68-70(56,57)58)26(53)33(65-17)46-13-45-21-30(39)43-12-44-31(21)46)29(54)32(55)41-4-3-18(47)40-5-6-73-10-19(48)42-8-16-23(50)24(51)20(38)34(66-16)67-27-15(37)7-14(36)22(49)25(27)52/h12-17,20,22-29,33-34,49-54H,3-11,36-38H2,1-2H3,(H,40,47)(H,41,55)(H,42,48)(H,59,60)(H,61,62)(H2,39,43,44)(H2,56,57,58)/t14-,15+,16-,17-,20-,22+,23-,24-,25-,26-,27-,28-,29+,33-,34-/m1/s1. The second-order valence-electron chi connectivity index (χ2n) is 17.7. The lowest BCUT2D eigenvalue weighted by molar-refractivity contribution is -0.288. The first-order valence-corrected chi connectivity index (χ1v) is 27.6. The molecule has 73 heavy (non-hydrogen) atoms. The summed E-state index contributed by atoms with van der Waals surface area (Å²) in [4.78, 5) is 88.8. The number of nitrogens with zero attached hydrogens (tertiary/aromatic N) is 4. The van der Waals surface area contributed by atoms with Crippen LogP contribution in [0.25, 0.3) is 11.2 Å². The molecule has 2 aromatic rings. The third-order valence-electron chi connectivity index (χ3n) is 11.5. The zero-order valence-corrected chi connectivity index (χ0v) is 42.3. The highest BCUT2D eigenvalue weighted by molar-refractivity contribution is 7.99. The Morgan fingerprint density at radius 2 is 1.53 bits per heavy atom. The second-order valence-corrected chi connectivity index (χ2v) is 23.0. The Morgan fingerprint density at radius 3 is 2.22 bits per heavy atom. The second kappa shape index (κ2) is 25.4. The van der Waals surface area contributed by atoms with Crippen molar-refractivity contribution in [3.63, 3.8) is 0 Å². The zero-order valence-electron chi connectivity index (χ0n) is 38.8. The number of carbonyl (C=O) groups is 3. The van der Waals surface area contributed by atoms with Crippen molar-refractivity contribution in [2.24, 2.45) is 22.6 Å². The van der Waals surface area contributed by atoms with Gasteiger partial charge in [0.05, 0.1) is 37.4 Å². The van der Waals surface area contributed by atoms with E-state index >= 15 is 0 Å². The van der Waals surface area contributed by atoms with Gasteiger partial charge < -0.3 is 103 Å². The topological polar surface area (TPSA) is 553 Å². The quantitative estimate of drug-likeness (QED) is 0.0325. The first-order valence-electron chi connectivity index (χ1n) is 21.9. The molecular formula is C35H62N11O23P3S. The maximum Gasteiger partial charge on any atom is 0.481 e. The first-order chi connectivity index (χ1) is 33.9. The summed E-state index contributed by atoms with van der Waals surface area (Å²) in [5.74, 6) is -1.97. The number of nitrogen functional groups attached to an aromatic ring is 1. The van der Waals surface area contributed by atoms with E-state index in [-0.39, 0.29) is 61.0 Å². The number of imidazole rings is 1. The van der Waals surface area contributed by atoms with Crippen LogP contribution < -0.4 is 38.9 Å². The molecule has 1 aliphatic carbocycles. The number of phosphoric acid groups is 3. The molecule has 5 rings (SSSR count). The summed E-state index contributed by atoms with van der Waals surface area (Å²) >= 11 is 1.12. The maximum absolute atomic E-state index is 12.8. The molecule has 0 aromatic carbocycles. The molecule has 0 spiro atoms. The third kappa shape index (κ3) is 16.5. The Kier molecular flexibility index (Phi) is 21.2. The van der Waals surface area contributed by atoms with Crippen molar-refractivity contribution in [2.75, 3.05) is 50.1 Å². The lowest BCUT2D eigenvalue weighted by Crippen LogP contribution is -2.67. The number of aliphatic hydroxyl groups is 6. The molecule has 3 fully saturated rings. The Balaban J connectivity index is 0.975. The van der Waals surface area contributed by atoms with Crippen LogP contribution in [0, 0.1) is 5.41 Å². The van der Waals surface area contributed by atoms with Crippen molar-refractivity contribution in [2.45, 2.75) is 118 Å². The summed E-state index contributed by atoms with van der Waals surface area (Å²) in [5.41, 5.74) is 22.0. The number of hydrogen-bond donors (Lipinski definition) is 17. The van der Waals surface area contributed by atoms with Gasteiger partial charge >= 0.3 is 23.5 Å². The van der Waals surface area contributed by atoms with Gasteiger partial charge in [-0.1, -0.05) is 13.8 Å². The van der Waals surface area contributed by atoms with Crippen LogP contribution in [0.15, 0.2) is 12.7 Å². The fourth-order valence-corrected chi connectivity index (χ4v) is 11.0. The van der Waals surface area contributed by atoms with Gasteiger partial charge in [-0.25, -0.2) is 28.6 Å². The number of nitrogens with two attached hydrogens (primary N) is 4. The van der Waals surface area contributed by atoms with E-state index in [0.717, 1.165) is 29.0 Å². The minimum absolute atomic E-state index is 0.00820. The number of ether oxygens (including phenoxy) is 3. The maximum atomic E-state index is 12.8. The first kappa shape index (κ1) is 60.9. The molecule has 3 amide bonds. The number of aliphatic hydroxyl groups excluding tert-OH is 6. The Morgan fingerprint density at radius 1 is 0.849 bits per heavy atom. The van der Waals surface area contributed by atoms with Gasteiger partial charge in [0, 0.05) is 49.3 Å². The van der Waals surface area contributed by atoms with Gasteiger partial charge in [-0.3, -0.25) is 32.5 Å². The highest BCUT2D eigenvalue weighted by Crippen LogP contribution is 2.61. The van der Waals surface area contributed by atoms with Crippen molar-refractivity contribution in [1.82, 2.24) is 35.5 Å². The molecule has 21 N–H and O–H groups in total. The van der Waals surface area contributed by atoms with Crippen molar-refractivity contribution in [3.8, 4) is 0 Å².